The van der Waals surface area contributed by atoms with Gasteiger partial charge in [0.1, 0.15) is 5.82 Å². The Kier molecular flexibility index (Phi) is 5.36. The van der Waals surface area contributed by atoms with E-state index in [0.29, 0.717) is 17.2 Å². The number of benzene rings is 2. The zero-order valence-electron chi connectivity index (χ0n) is 14.0. The minimum Gasteiger partial charge on any atom is -0.329 e. The van der Waals surface area contributed by atoms with Gasteiger partial charge in [-0.15, -0.1) is 0 Å². The van der Waals surface area contributed by atoms with E-state index in [0.717, 1.165) is 12.8 Å². The van der Waals surface area contributed by atoms with Crippen LogP contribution in [0.5, 0.6) is 0 Å². The average Bonchev–Trinajstić information content (AvgIpc) is 3.46. The van der Waals surface area contributed by atoms with E-state index in [1.54, 1.807) is 0 Å². The predicted molar refractivity (Wildman–Crippen MR) is 96.7 cm³/mol. The van der Waals surface area contributed by atoms with Gasteiger partial charge in [0, 0.05) is 23.8 Å². The standard InChI is InChI=1S/C18H20FN3O3S/c19-14-5-3-13(4-6-14)18(23)21-15-7-9-16(10-8-15)26(24,25)22-17(11-20)12-1-2-12/h3-10,12,17,22H,1-2,11,20H2,(H,21,23). The highest BCUT2D eigenvalue weighted by Crippen LogP contribution is 2.33. The van der Waals surface area contributed by atoms with Crippen molar-refractivity contribution in [1.29, 1.82) is 0 Å². The van der Waals surface area contributed by atoms with Gasteiger partial charge in [0.15, 0.2) is 0 Å². The lowest BCUT2D eigenvalue weighted by molar-refractivity contribution is 0.102. The Morgan fingerprint density at radius 2 is 1.73 bits per heavy atom. The first-order chi connectivity index (χ1) is 12.4. The molecule has 1 saturated carbocycles. The van der Waals surface area contributed by atoms with Gasteiger partial charge >= 0.3 is 0 Å². The Morgan fingerprint density at radius 3 is 2.27 bits per heavy atom. The molecule has 2 aromatic carbocycles. The summed E-state index contributed by atoms with van der Waals surface area (Å²) in [5, 5.41) is 2.64. The number of anilines is 1. The van der Waals surface area contributed by atoms with Crippen molar-refractivity contribution < 1.29 is 17.6 Å². The van der Waals surface area contributed by atoms with E-state index in [-0.39, 0.29) is 17.5 Å². The Bertz CT molecular complexity index is 879. The number of carbonyl (C=O) groups excluding carboxylic acids is 1. The number of hydrogen-bond acceptors (Lipinski definition) is 4. The summed E-state index contributed by atoms with van der Waals surface area (Å²) in [6.45, 7) is 0.260. The van der Waals surface area contributed by atoms with Crippen LogP contribution in [0.15, 0.2) is 53.4 Å². The van der Waals surface area contributed by atoms with Crippen molar-refractivity contribution >= 4 is 21.6 Å². The highest BCUT2D eigenvalue weighted by Gasteiger charge is 2.33. The molecule has 1 aliphatic carbocycles. The molecule has 1 unspecified atom stereocenters. The maximum absolute atomic E-state index is 12.9. The van der Waals surface area contributed by atoms with Crippen LogP contribution in [-0.4, -0.2) is 26.9 Å². The second kappa shape index (κ2) is 7.53. The van der Waals surface area contributed by atoms with E-state index >= 15 is 0 Å². The first-order valence-corrected chi connectivity index (χ1v) is 9.77. The van der Waals surface area contributed by atoms with Crippen molar-refractivity contribution in [2.75, 3.05) is 11.9 Å². The summed E-state index contributed by atoms with van der Waals surface area (Å²) < 4.78 is 40.4. The van der Waals surface area contributed by atoms with E-state index in [2.05, 4.69) is 10.0 Å². The third kappa shape index (κ3) is 4.46. The molecular weight excluding hydrogens is 357 g/mol. The molecule has 1 atom stereocenters. The van der Waals surface area contributed by atoms with Crippen LogP contribution in [0.1, 0.15) is 23.2 Å². The Labute approximate surface area is 151 Å². The fourth-order valence-electron chi connectivity index (χ4n) is 2.62. The number of halogens is 1. The number of carbonyl (C=O) groups is 1. The molecule has 0 heterocycles. The molecule has 138 valence electrons. The summed E-state index contributed by atoms with van der Waals surface area (Å²) in [6.07, 6.45) is 1.97. The third-order valence-electron chi connectivity index (χ3n) is 4.28. The van der Waals surface area contributed by atoms with Gasteiger partial charge in [-0.1, -0.05) is 0 Å². The Morgan fingerprint density at radius 1 is 1.12 bits per heavy atom. The molecule has 3 rings (SSSR count). The molecule has 0 bridgehead atoms. The van der Waals surface area contributed by atoms with Crippen LogP contribution in [0.2, 0.25) is 0 Å². The number of sulfonamides is 1. The Hall–Kier alpha value is -2.29. The van der Waals surface area contributed by atoms with Crippen LogP contribution in [-0.2, 0) is 10.0 Å². The van der Waals surface area contributed by atoms with Crippen molar-refractivity contribution in [3.05, 3.63) is 59.9 Å². The lowest BCUT2D eigenvalue weighted by Crippen LogP contribution is -2.41. The van der Waals surface area contributed by atoms with Gasteiger partial charge in [0.05, 0.1) is 4.90 Å². The fourth-order valence-corrected chi connectivity index (χ4v) is 3.94. The van der Waals surface area contributed by atoms with E-state index < -0.39 is 21.7 Å². The van der Waals surface area contributed by atoms with Gasteiger partial charge in [-0.25, -0.2) is 17.5 Å². The summed E-state index contributed by atoms with van der Waals surface area (Å²) >= 11 is 0. The van der Waals surface area contributed by atoms with E-state index in [4.69, 9.17) is 5.73 Å². The van der Waals surface area contributed by atoms with Crippen LogP contribution < -0.4 is 15.8 Å². The van der Waals surface area contributed by atoms with E-state index in [9.17, 15) is 17.6 Å². The van der Waals surface area contributed by atoms with E-state index in [1.807, 2.05) is 0 Å². The summed E-state index contributed by atoms with van der Waals surface area (Å²) in [6, 6.07) is 10.7. The smallest absolute Gasteiger partial charge is 0.255 e. The van der Waals surface area contributed by atoms with Crippen molar-refractivity contribution in [3.63, 3.8) is 0 Å². The van der Waals surface area contributed by atoms with Gasteiger partial charge in [-0.2, -0.15) is 0 Å². The van der Waals surface area contributed by atoms with Gasteiger partial charge < -0.3 is 11.1 Å². The normalized spacial score (nSPS) is 15.5. The third-order valence-corrected chi connectivity index (χ3v) is 5.79. The molecule has 0 aliphatic heterocycles. The molecule has 26 heavy (non-hydrogen) atoms. The summed E-state index contributed by atoms with van der Waals surface area (Å²) in [4.78, 5) is 12.2. The highest BCUT2D eigenvalue weighted by atomic mass is 32.2. The van der Waals surface area contributed by atoms with Crippen LogP contribution in [0.4, 0.5) is 10.1 Å². The van der Waals surface area contributed by atoms with Gasteiger partial charge in [-0.3, -0.25) is 4.79 Å². The minimum absolute atomic E-state index is 0.108. The monoisotopic (exact) mass is 377 g/mol. The SMILES string of the molecule is NCC(NS(=O)(=O)c1ccc(NC(=O)c2ccc(F)cc2)cc1)C1CC1. The van der Waals surface area contributed by atoms with Gasteiger partial charge in [0.2, 0.25) is 10.0 Å². The maximum atomic E-state index is 12.9. The fraction of sp³-hybridized carbons (Fsp3) is 0.278. The molecule has 6 nitrogen and oxygen atoms in total. The number of nitrogens with one attached hydrogen (secondary N) is 2. The van der Waals surface area contributed by atoms with Crippen molar-refractivity contribution in [2.45, 2.75) is 23.8 Å². The number of hydrogen-bond donors (Lipinski definition) is 3. The molecule has 4 N–H and O–H groups in total. The highest BCUT2D eigenvalue weighted by molar-refractivity contribution is 7.89. The van der Waals surface area contributed by atoms with E-state index in [1.165, 1.54) is 48.5 Å². The number of amides is 1. The largest absolute Gasteiger partial charge is 0.329 e. The second-order valence-electron chi connectivity index (χ2n) is 6.29. The molecule has 0 spiro atoms. The molecule has 1 fully saturated rings. The summed E-state index contributed by atoms with van der Waals surface area (Å²) in [7, 11) is -3.66. The number of rotatable bonds is 7. The second-order valence-corrected chi connectivity index (χ2v) is 8.00. The number of nitrogens with two attached hydrogens (primary N) is 1. The first-order valence-electron chi connectivity index (χ1n) is 8.28. The van der Waals surface area contributed by atoms with Crippen LogP contribution >= 0.6 is 0 Å². The lowest BCUT2D eigenvalue weighted by atomic mass is 10.2. The molecular formula is C18H20FN3O3S. The molecule has 2 aromatic rings. The lowest BCUT2D eigenvalue weighted by Gasteiger charge is -2.16. The zero-order valence-corrected chi connectivity index (χ0v) is 14.8. The summed E-state index contributed by atoms with van der Waals surface area (Å²) in [5.41, 5.74) is 6.39. The van der Waals surface area contributed by atoms with Crippen LogP contribution in [0.3, 0.4) is 0 Å². The zero-order chi connectivity index (χ0) is 18.7. The van der Waals surface area contributed by atoms with Gasteiger partial charge in [0.25, 0.3) is 5.91 Å². The molecule has 8 heteroatoms. The Balaban J connectivity index is 1.67. The van der Waals surface area contributed by atoms with Crippen molar-refractivity contribution in [2.24, 2.45) is 11.7 Å². The molecule has 0 radical (unpaired) electrons. The average molecular weight is 377 g/mol. The predicted octanol–water partition coefficient (Wildman–Crippen LogP) is 2.09. The molecule has 1 aliphatic rings. The van der Waals surface area contributed by atoms with Crippen LogP contribution in [0.25, 0.3) is 0 Å². The van der Waals surface area contributed by atoms with Crippen molar-refractivity contribution in [1.82, 2.24) is 4.72 Å². The summed E-state index contributed by atoms with van der Waals surface area (Å²) in [5.74, 6) is -0.523. The molecule has 0 saturated heterocycles. The maximum Gasteiger partial charge on any atom is 0.255 e. The minimum atomic E-state index is -3.66. The van der Waals surface area contributed by atoms with Crippen molar-refractivity contribution in [3.8, 4) is 0 Å². The molecule has 1 amide bonds. The van der Waals surface area contributed by atoms with Gasteiger partial charge in [-0.05, 0) is 67.3 Å². The quantitative estimate of drug-likeness (QED) is 0.688. The first kappa shape index (κ1) is 18.5. The topological polar surface area (TPSA) is 101 Å². The molecule has 0 aromatic heterocycles. The van der Waals surface area contributed by atoms with Crippen LogP contribution in [0, 0.1) is 11.7 Å².